The van der Waals surface area contributed by atoms with Crippen molar-refractivity contribution >= 4 is 40.8 Å². The Bertz CT molecular complexity index is 492. The molecular formula is C8H5Cl3O3. The first kappa shape index (κ1) is 6.77. The summed E-state index contributed by atoms with van der Waals surface area (Å²) in [6, 6.07) is -1.07. The number of aliphatic carboxylic acids is 1. The molecule has 1 rings (SSSR count). The van der Waals surface area contributed by atoms with Crippen molar-refractivity contribution in [1.29, 1.82) is 0 Å². The average Bonchev–Trinajstić information content (AvgIpc) is 2.29. The van der Waals surface area contributed by atoms with E-state index in [2.05, 4.69) is 4.74 Å². The zero-order valence-electron chi connectivity index (χ0n) is 10.4. The van der Waals surface area contributed by atoms with Crippen molar-refractivity contribution < 1.29 is 20.1 Å². The van der Waals surface area contributed by atoms with Crippen LogP contribution in [0.3, 0.4) is 0 Å². The van der Waals surface area contributed by atoms with Gasteiger partial charge in [-0.2, -0.15) is 0 Å². The SMILES string of the molecule is [2H]c1c(Cl)c(Cl)c([2H])c(OC([2H])([2H])C(=O)O)c1Cl. The number of hydrogen-bond acceptors (Lipinski definition) is 2. The summed E-state index contributed by atoms with van der Waals surface area (Å²) in [4.78, 5) is 10.6. The lowest BCUT2D eigenvalue weighted by Crippen LogP contribution is -2.09. The molecule has 76 valence electrons. The third-order valence-corrected chi connectivity index (χ3v) is 2.01. The fraction of sp³-hybridized carbons (Fsp3) is 0.125. The van der Waals surface area contributed by atoms with Crippen LogP contribution in [0.4, 0.5) is 0 Å². The van der Waals surface area contributed by atoms with Gasteiger partial charge in [-0.3, -0.25) is 0 Å². The Labute approximate surface area is 101 Å². The summed E-state index contributed by atoms with van der Waals surface area (Å²) in [6.45, 7) is -3.11. The molecule has 0 heterocycles. The first-order valence-electron chi connectivity index (χ1n) is 5.15. The molecule has 0 fully saturated rings. The molecule has 0 aliphatic heterocycles. The number of benzene rings is 1. The number of carboxylic acid groups (broad SMARTS) is 1. The Balaban J connectivity index is 3.39. The minimum absolute atomic E-state index is 0.296. The van der Waals surface area contributed by atoms with Gasteiger partial charge in [0.05, 0.1) is 20.6 Å². The van der Waals surface area contributed by atoms with Crippen molar-refractivity contribution in [2.45, 2.75) is 0 Å². The molecule has 0 aliphatic rings. The smallest absolute Gasteiger partial charge is 0.341 e. The van der Waals surface area contributed by atoms with Crippen LogP contribution in [-0.2, 0) is 4.79 Å². The molecular weight excluding hydrogens is 250 g/mol. The zero-order valence-corrected chi connectivity index (χ0v) is 8.67. The Morgan fingerprint density at radius 2 is 2.00 bits per heavy atom. The lowest BCUT2D eigenvalue weighted by molar-refractivity contribution is -0.139. The molecule has 0 saturated heterocycles. The van der Waals surface area contributed by atoms with Crippen LogP contribution in [0.5, 0.6) is 5.75 Å². The molecule has 6 heteroatoms. The zero-order chi connectivity index (χ0) is 14.2. The highest BCUT2D eigenvalue weighted by Gasteiger charge is 2.08. The van der Waals surface area contributed by atoms with Gasteiger partial charge in [-0.15, -0.1) is 0 Å². The van der Waals surface area contributed by atoms with Gasteiger partial charge < -0.3 is 9.84 Å². The van der Waals surface area contributed by atoms with Gasteiger partial charge in [-0.25, -0.2) is 4.79 Å². The Hall–Kier alpha value is -0.640. The van der Waals surface area contributed by atoms with Gasteiger partial charge >= 0.3 is 5.97 Å². The second-order valence-electron chi connectivity index (χ2n) is 2.03. The molecule has 0 amide bonds. The molecule has 0 bridgehead atoms. The van der Waals surface area contributed by atoms with E-state index in [1.807, 2.05) is 0 Å². The quantitative estimate of drug-likeness (QED) is 0.849. The van der Waals surface area contributed by atoms with E-state index in [1.165, 1.54) is 0 Å². The molecule has 0 spiro atoms. The monoisotopic (exact) mass is 258 g/mol. The van der Waals surface area contributed by atoms with Gasteiger partial charge in [0.25, 0.3) is 0 Å². The summed E-state index contributed by atoms with van der Waals surface area (Å²) in [5, 5.41) is 7.41. The van der Waals surface area contributed by atoms with Crippen LogP contribution in [-0.4, -0.2) is 17.6 Å². The Kier molecular flexibility index (Phi) is 2.29. The minimum atomic E-state index is -3.11. The van der Waals surface area contributed by atoms with Crippen molar-refractivity contribution in [2.75, 3.05) is 6.56 Å². The van der Waals surface area contributed by atoms with Crippen molar-refractivity contribution in [3.8, 4) is 5.75 Å². The molecule has 1 aromatic carbocycles. The standard InChI is InChI=1S/C8H5Cl3O3/c9-4-1-6(11)7(2-5(4)10)14-3-8(12)13/h1-2H,3H2,(H,12,13)/i1D,2D,3D2. The number of rotatable bonds is 3. The van der Waals surface area contributed by atoms with Crippen LogP contribution in [0, 0.1) is 0 Å². The van der Waals surface area contributed by atoms with Gasteiger partial charge in [-0.05, 0) is 6.04 Å². The van der Waals surface area contributed by atoms with Gasteiger partial charge in [-0.1, -0.05) is 34.8 Å². The molecule has 1 aromatic rings. The number of halogens is 3. The average molecular weight is 260 g/mol. The van der Waals surface area contributed by atoms with Crippen molar-refractivity contribution in [3.63, 3.8) is 0 Å². The van der Waals surface area contributed by atoms with E-state index in [0.29, 0.717) is 0 Å². The molecule has 0 radical (unpaired) electrons. The van der Waals surface area contributed by atoms with E-state index in [9.17, 15) is 4.79 Å². The maximum absolute atomic E-state index is 10.6. The summed E-state index contributed by atoms with van der Waals surface area (Å²) in [5.41, 5.74) is 0. The summed E-state index contributed by atoms with van der Waals surface area (Å²) in [6.07, 6.45) is 0. The Morgan fingerprint density at radius 3 is 2.57 bits per heavy atom. The molecule has 1 N–H and O–H groups in total. The third-order valence-electron chi connectivity index (χ3n) is 1.08. The molecule has 0 atom stereocenters. The van der Waals surface area contributed by atoms with Crippen LogP contribution in [0.15, 0.2) is 12.1 Å². The van der Waals surface area contributed by atoms with Crippen molar-refractivity contribution in [3.05, 3.63) is 27.2 Å². The summed E-state index contributed by atoms with van der Waals surface area (Å²) in [7, 11) is 0. The van der Waals surface area contributed by atoms with Crippen LogP contribution >= 0.6 is 34.8 Å². The molecule has 0 aromatic heterocycles. The van der Waals surface area contributed by atoms with Crippen LogP contribution in [0.2, 0.25) is 15.1 Å². The molecule has 3 nitrogen and oxygen atoms in total. The largest absolute Gasteiger partial charge is 0.480 e. The van der Waals surface area contributed by atoms with Crippen LogP contribution in [0.25, 0.3) is 0 Å². The van der Waals surface area contributed by atoms with Gasteiger partial charge in [0.2, 0.25) is 0 Å². The highest BCUT2D eigenvalue weighted by molar-refractivity contribution is 6.43. The highest BCUT2D eigenvalue weighted by atomic mass is 35.5. The molecule has 0 aliphatic carbocycles. The molecule has 14 heavy (non-hydrogen) atoms. The normalized spacial score (nSPS) is 15.1. The van der Waals surface area contributed by atoms with E-state index >= 15 is 0 Å². The highest BCUT2D eigenvalue weighted by Crippen LogP contribution is 2.33. The number of carboxylic acids is 1. The van der Waals surface area contributed by atoms with Crippen LogP contribution < -0.4 is 4.74 Å². The maximum atomic E-state index is 10.6. The lowest BCUT2D eigenvalue weighted by Gasteiger charge is -2.06. The molecule has 0 unspecified atom stereocenters. The van der Waals surface area contributed by atoms with Gasteiger partial charge in [0, 0.05) is 6.04 Å². The minimum Gasteiger partial charge on any atom is -0.480 e. The summed E-state index contributed by atoms with van der Waals surface area (Å²) in [5.74, 6) is -2.56. The first-order valence-corrected chi connectivity index (χ1v) is 4.29. The van der Waals surface area contributed by atoms with E-state index in [-0.39, 0.29) is 10.0 Å². The fourth-order valence-electron chi connectivity index (χ4n) is 0.582. The number of hydrogen-bond donors (Lipinski definition) is 1. The van der Waals surface area contributed by atoms with E-state index in [0.717, 1.165) is 0 Å². The number of carbonyl (C=O) groups is 1. The maximum Gasteiger partial charge on any atom is 0.341 e. The van der Waals surface area contributed by atoms with Crippen LogP contribution in [0.1, 0.15) is 5.48 Å². The topological polar surface area (TPSA) is 46.5 Å². The second kappa shape index (κ2) is 4.73. The second-order valence-corrected chi connectivity index (χ2v) is 3.16. The summed E-state index contributed by atoms with van der Waals surface area (Å²) >= 11 is 16.9. The fourth-order valence-corrected chi connectivity index (χ4v) is 1.09. The Morgan fingerprint density at radius 1 is 1.43 bits per heavy atom. The van der Waals surface area contributed by atoms with Gasteiger partial charge in [0.15, 0.2) is 6.56 Å². The van der Waals surface area contributed by atoms with E-state index in [4.69, 9.17) is 45.4 Å². The summed E-state index contributed by atoms with van der Waals surface area (Å²) < 4.78 is 33.6. The van der Waals surface area contributed by atoms with Crippen molar-refractivity contribution in [1.82, 2.24) is 0 Å². The lowest BCUT2D eigenvalue weighted by atomic mass is 10.3. The first-order chi connectivity index (χ1) is 8.09. The third kappa shape index (κ3) is 2.94. The van der Waals surface area contributed by atoms with Gasteiger partial charge in [0.1, 0.15) is 5.75 Å². The van der Waals surface area contributed by atoms with E-state index in [1.54, 1.807) is 0 Å². The van der Waals surface area contributed by atoms with E-state index < -0.39 is 35.4 Å². The predicted molar refractivity (Wildman–Crippen MR) is 54.6 cm³/mol. The number of ether oxygens (including phenoxy) is 1. The molecule has 0 saturated carbocycles. The predicted octanol–water partition coefficient (Wildman–Crippen LogP) is 3.11. The van der Waals surface area contributed by atoms with Crippen molar-refractivity contribution in [2.24, 2.45) is 0 Å².